The van der Waals surface area contributed by atoms with E-state index in [-0.39, 0.29) is 12.2 Å². The van der Waals surface area contributed by atoms with E-state index < -0.39 is 17.8 Å². The van der Waals surface area contributed by atoms with E-state index in [1.54, 1.807) is 13.0 Å². The molecule has 114 valence electrons. The third-order valence-corrected chi connectivity index (χ3v) is 3.14. The molecule has 0 aromatic heterocycles. The number of azide groups is 1. The smallest absolute Gasteiger partial charge is 0.327 e. The summed E-state index contributed by atoms with van der Waals surface area (Å²) in [5.41, 5.74) is 8.41. The zero-order valence-corrected chi connectivity index (χ0v) is 13.1. The Labute approximate surface area is 130 Å². The second kappa shape index (κ2) is 9.33. The van der Waals surface area contributed by atoms with Gasteiger partial charge in [-0.3, -0.25) is 0 Å². The van der Waals surface area contributed by atoms with E-state index in [9.17, 15) is 9.18 Å². The average molecular weight is 359 g/mol. The van der Waals surface area contributed by atoms with Crippen LogP contribution < -0.4 is 5.32 Å². The number of hydrogen-bond acceptors (Lipinski definition) is 4. The monoisotopic (exact) mass is 358 g/mol. The molecule has 0 radical (unpaired) electrons. The molecule has 0 aliphatic rings. The molecule has 1 unspecified atom stereocenters. The van der Waals surface area contributed by atoms with Crippen LogP contribution in [0.1, 0.15) is 24.9 Å². The quantitative estimate of drug-likeness (QED) is 0.253. The van der Waals surface area contributed by atoms with Gasteiger partial charge in [0, 0.05) is 21.5 Å². The van der Waals surface area contributed by atoms with E-state index in [0.717, 1.165) is 0 Å². The van der Waals surface area contributed by atoms with E-state index in [4.69, 9.17) is 10.3 Å². The van der Waals surface area contributed by atoms with Gasteiger partial charge < -0.3 is 10.1 Å². The molecule has 1 atom stereocenters. The van der Waals surface area contributed by atoms with Crippen LogP contribution in [-0.4, -0.2) is 25.7 Å². The topological polar surface area (TPSA) is 87.1 Å². The van der Waals surface area contributed by atoms with Gasteiger partial charge in [0.2, 0.25) is 0 Å². The number of carbonyl (C=O) groups excluding carboxylic acids is 1. The minimum Gasteiger partial charge on any atom is -0.465 e. The third-order valence-electron chi connectivity index (χ3n) is 2.64. The van der Waals surface area contributed by atoms with Crippen molar-refractivity contribution in [2.24, 2.45) is 5.11 Å². The van der Waals surface area contributed by atoms with E-state index in [1.807, 2.05) is 0 Å². The number of halogens is 2. The molecule has 1 N–H and O–H groups in total. The van der Waals surface area contributed by atoms with Crippen LogP contribution in [0.4, 0.5) is 4.39 Å². The number of nitrogens with zero attached hydrogens (tertiary/aromatic N) is 3. The SMILES string of the molecule is CCOC(=O)C(NCCCN=[N+]=[N-])c1ccc(Br)cc1F. The first-order chi connectivity index (χ1) is 10.1. The van der Waals surface area contributed by atoms with Gasteiger partial charge in [-0.15, -0.1) is 0 Å². The van der Waals surface area contributed by atoms with Crippen LogP contribution >= 0.6 is 15.9 Å². The van der Waals surface area contributed by atoms with Crippen LogP contribution in [0, 0.1) is 5.82 Å². The van der Waals surface area contributed by atoms with Crippen molar-refractivity contribution in [3.05, 3.63) is 44.5 Å². The molecular weight excluding hydrogens is 343 g/mol. The van der Waals surface area contributed by atoms with Crippen molar-refractivity contribution in [1.29, 1.82) is 0 Å². The molecule has 0 aliphatic carbocycles. The number of rotatable bonds is 8. The van der Waals surface area contributed by atoms with Gasteiger partial charge in [-0.25, -0.2) is 9.18 Å². The molecule has 6 nitrogen and oxygen atoms in total. The van der Waals surface area contributed by atoms with Crippen LogP contribution in [0.2, 0.25) is 0 Å². The van der Waals surface area contributed by atoms with Crippen molar-refractivity contribution in [1.82, 2.24) is 5.32 Å². The Bertz CT molecular complexity index is 535. The molecule has 0 amide bonds. The van der Waals surface area contributed by atoms with Gasteiger partial charge >= 0.3 is 5.97 Å². The molecule has 0 fully saturated rings. The second-order valence-electron chi connectivity index (χ2n) is 4.11. The standard InChI is InChI=1S/C13H16BrFN4O2/c1-2-21-13(20)12(17-6-3-7-18-19-16)10-5-4-9(14)8-11(10)15/h4-5,8,12,17H,2-3,6-7H2,1H3. The Hall–Kier alpha value is -1.63. The fraction of sp³-hybridized carbons (Fsp3) is 0.462. The maximum atomic E-state index is 14.0. The maximum Gasteiger partial charge on any atom is 0.327 e. The maximum absolute atomic E-state index is 14.0. The van der Waals surface area contributed by atoms with Crippen LogP contribution in [0.5, 0.6) is 0 Å². The summed E-state index contributed by atoms with van der Waals surface area (Å²) in [6.07, 6.45) is 0.540. The Kier molecular flexibility index (Phi) is 7.74. The van der Waals surface area contributed by atoms with Gasteiger partial charge in [0.05, 0.1) is 6.61 Å². The van der Waals surface area contributed by atoms with Crippen molar-refractivity contribution in [3.63, 3.8) is 0 Å². The highest BCUT2D eigenvalue weighted by molar-refractivity contribution is 9.10. The predicted molar refractivity (Wildman–Crippen MR) is 80.1 cm³/mol. The second-order valence-corrected chi connectivity index (χ2v) is 5.03. The summed E-state index contributed by atoms with van der Waals surface area (Å²) in [5, 5.41) is 6.32. The molecule has 0 heterocycles. The van der Waals surface area contributed by atoms with Crippen molar-refractivity contribution >= 4 is 21.9 Å². The van der Waals surface area contributed by atoms with Gasteiger partial charge in [-0.1, -0.05) is 27.1 Å². The van der Waals surface area contributed by atoms with Crippen molar-refractivity contribution in [2.45, 2.75) is 19.4 Å². The fourth-order valence-electron chi connectivity index (χ4n) is 1.72. The number of esters is 1. The summed E-state index contributed by atoms with van der Waals surface area (Å²) < 4.78 is 19.5. The van der Waals surface area contributed by atoms with Crippen LogP contribution in [0.3, 0.4) is 0 Å². The number of nitrogens with one attached hydrogen (secondary N) is 1. The number of carbonyl (C=O) groups is 1. The lowest BCUT2D eigenvalue weighted by Gasteiger charge is -2.18. The van der Waals surface area contributed by atoms with E-state index >= 15 is 0 Å². The first kappa shape index (κ1) is 17.4. The van der Waals surface area contributed by atoms with Gasteiger partial charge in [0.25, 0.3) is 0 Å². The molecule has 8 heteroatoms. The van der Waals surface area contributed by atoms with E-state index in [2.05, 4.69) is 31.3 Å². The highest BCUT2D eigenvalue weighted by Gasteiger charge is 2.24. The molecule has 0 bridgehead atoms. The first-order valence-electron chi connectivity index (χ1n) is 6.46. The van der Waals surface area contributed by atoms with Crippen LogP contribution in [-0.2, 0) is 9.53 Å². The average Bonchev–Trinajstić information content (AvgIpc) is 2.44. The molecule has 0 aliphatic heterocycles. The van der Waals surface area contributed by atoms with Crippen LogP contribution in [0.25, 0.3) is 10.4 Å². The highest BCUT2D eigenvalue weighted by atomic mass is 79.9. The largest absolute Gasteiger partial charge is 0.465 e. The molecule has 21 heavy (non-hydrogen) atoms. The minimum absolute atomic E-state index is 0.216. The van der Waals surface area contributed by atoms with Gasteiger partial charge in [-0.2, -0.15) is 0 Å². The number of benzene rings is 1. The highest BCUT2D eigenvalue weighted by Crippen LogP contribution is 2.22. The summed E-state index contributed by atoms with van der Waals surface area (Å²) in [6.45, 7) is 2.61. The number of hydrogen-bond donors (Lipinski definition) is 1. The van der Waals surface area contributed by atoms with Gasteiger partial charge in [0.15, 0.2) is 0 Å². The lowest BCUT2D eigenvalue weighted by Crippen LogP contribution is -2.32. The molecule has 1 rings (SSSR count). The zero-order chi connectivity index (χ0) is 15.7. The fourth-order valence-corrected chi connectivity index (χ4v) is 2.06. The lowest BCUT2D eigenvalue weighted by atomic mass is 10.1. The first-order valence-corrected chi connectivity index (χ1v) is 7.25. The van der Waals surface area contributed by atoms with Crippen molar-refractivity contribution in [2.75, 3.05) is 19.7 Å². The molecular formula is C13H16BrFN4O2. The summed E-state index contributed by atoms with van der Waals surface area (Å²) in [6, 6.07) is 3.60. The molecule has 0 saturated heterocycles. The van der Waals surface area contributed by atoms with Crippen molar-refractivity contribution < 1.29 is 13.9 Å². The normalized spacial score (nSPS) is 11.6. The minimum atomic E-state index is -0.885. The summed E-state index contributed by atoms with van der Waals surface area (Å²) in [5.74, 6) is -1.03. The Morgan fingerprint density at radius 2 is 2.38 bits per heavy atom. The summed E-state index contributed by atoms with van der Waals surface area (Å²) in [7, 11) is 0. The van der Waals surface area contributed by atoms with Crippen molar-refractivity contribution in [3.8, 4) is 0 Å². The Balaban J connectivity index is 2.81. The van der Waals surface area contributed by atoms with Crippen LogP contribution in [0.15, 0.2) is 27.8 Å². The Morgan fingerprint density at radius 3 is 3.00 bits per heavy atom. The molecule has 1 aromatic rings. The zero-order valence-electron chi connectivity index (χ0n) is 11.6. The predicted octanol–water partition coefficient (Wildman–Crippen LogP) is 3.48. The molecule has 1 aromatic carbocycles. The van der Waals surface area contributed by atoms with Gasteiger partial charge in [-0.05, 0) is 37.6 Å². The summed E-state index contributed by atoms with van der Waals surface area (Å²) >= 11 is 3.17. The lowest BCUT2D eigenvalue weighted by molar-refractivity contribution is -0.145. The van der Waals surface area contributed by atoms with E-state index in [1.165, 1.54) is 12.1 Å². The van der Waals surface area contributed by atoms with E-state index in [0.29, 0.717) is 24.0 Å². The third kappa shape index (κ3) is 5.71. The summed E-state index contributed by atoms with van der Waals surface area (Å²) in [4.78, 5) is 14.6. The number of ether oxygens (including phenoxy) is 1. The Morgan fingerprint density at radius 1 is 1.62 bits per heavy atom. The molecule has 0 saturated carbocycles. The van der Waals surface area contributed by atoms with Gasteiger partial charge in [0.1, 0.15) is 11.9 Å². The molecule has 0 spiro atoms.